The van der Waals surface area contributed by atoms with Crippen LogP contribution in [0, 0.1) is 5.82 Å². The summed E-state index contributed by atoms with van der Waals surface area (Å²) >= 11 is 9.53. The van der Waals surface area contributed by atoms with E-state index in [0.29, 0.717) is 17.1 Å². The van der Waals surface area contributed by atoms with Crippen molar-refractivity contribution in [3.63, 3.8) is 0 Å². The summed E-state index contributed by atoms with van der Waals surface area (Å²) < 4.78 is 16.6. The summed E-state index contributed by atoms with van der Waals surface area (Å²) in [6, 6.07) is 4.54. The summed E-state index contributed by atoms with van der Waals surface area (Å²) in [5.41, 5.74) is 1.29. The fourth-order valence-corrected chi connectivity index (χ4v) is 2.69. The third-order valence-electron chi connectivity index (χ3n) is 2.89. The van der Waals surface area contributed by atoms with E-state index >= 15 is 0 Å². The van der Waals surface area contributed by atoms with Crippen LogP contribution in [0.15, 0.2) is 28.9 Å². The SMILES string of the molecule is CCNC(c1cc(Br)ccc1F)c1c(Cl)cnn1C. The van der Waals surface area contributed by atoms with E-state index < -0.39 is 0 Å². The summed E-state index contributed by atoms with van der Waals surface area (Å²) in [6.07, 6.45) is 1.57. The maximum Gasteiger partial charge on any atom is 0.128 e. The molecule has 2 rings (SSSR count). The van der Waals surface area contributed by atoms with Crippen LogP contribution in [0.1, 0.15) is 24.2 Å². The van der Waals surface area contributed by atoms with Gasteiger partial charge in [0.1, 0.15) is 5.82 Å². The molecule has 1 heterocycles. The van der Waals surface area contributed by atoms with Crippen molar-refractivity contribution in [2.24, 2.45) is 7.05 Å². The summed E-state index contributed by atoms with van der Waals surface area (Å²) in [6.45, 7) is 2.66. The molecule has 3 nitrogen and oxygen atoms in total. The van der Waals surface area contributed by atoms with Gasteiger partial charge in [-0.05, 0) is 24.7 Å². The number of hydrogen-bond acceptors (Lipinski definition) is 2. The number of aromatic nitrogens is 2. The Morgan fingerprint density at radius 2 is 2.26 bits per heavy atom. The molecule has 0 aliphatic carbocycles. The standard InChI is InChI=1S/C13H14BrClFN3/c1-3-17-12(13-10(15)7-18-19(13)2)9-6-8(14)4-5-11(9)16/h4-7,12,17H,3H2,1-2H3. The van der Waals surface area contributed by atoms with Crippen LogP contribution in [0.5, 0.6) is 0 Å². The smallest absolute Gasteiger partial charge is 0.128 e. The van der Waals surface area contributed by atoms with Crippen LogP contribution < -0.4 is 5.32 Å². The molecular formula is C13H14BrClFN3. The van der Waals surface area contributed by atoms with E-state index in [9.17, 15) is 4.39 Å². The first-order valence-corrected chi connectivity index (χ1v) is 7.07. The molecule has 0 radical (unpaired) electrons. The molecule has 0 aliphatic rings. The number of nitrogens with zero attached hydrogens (tertiary/aromatic N) is 2. The quantitative estimate of drug-likeness (QED) is 0.915. The molecule has 1 atom stereocenters. The van der Waals surface area contributed by atoms with Crippen molar-refractivity contribution >= 4 is 27.5 Å². The molecule has 102 valence electrons. The molecule has 0 amide bonds. The van der Waals surface area contributed by atoms with E-state index in [1.807, 2.05) is 6.92 Å². The second-order valence-electron chi connectivity index (χ2n) is 4.16. The van der Waals surface area contributed by atoms with Crippen molar-refractivity contribution in [1.82, 2.24) is 15.1 Å². The molecule has 2 aromatic rings. The number of nitrogens with one attached hydrogen (secondary N) is 1. The lowest BCUT2D eigenvalue weighted by Crippen LogP contribution is -2.25. The van der Waals surface area contributed by atoms with E-state index in [1.165, 1.54) is 6.07 Å². The zero-order chi connectivity index (χ0) is 14.0. The first-order chi connectivity index (χ1) is 9.04. The van der Waals surface area contributed by atoms with Gasteiger partial charge in [0.15, 0.2) is 0 Å². The van der Waals surface area contributed by atoms with Gasteiger partial charge < -0.3 is 5.32 Å². The van der Waals surface area contributed by atoms with Crippen LogP contribution in [0.25, 0.3) is 0 Å². The summed E-state index contributed by atoms with van der Waals surface area (Å²) in [7, 11) is 1.79. The van der Waals surface area contributed by atoms with Gasteiger partial charge in [-0.15, -0.1) is 0 Å². The van der Waals surface area contributed by atoms with Gasteiger partial charge >= 0.3 is 0 Å². The molecule has 1 aromatic heterocycles. The average Bonchev–Trinajstić information content (AvgIpc) is 2.70. The number of hydrogen-bond donors (Lipinski definition) is 1. The largest absolute Gasteiger partial charge is 0.305 e. The second-order valence-corrected chi connectivity index (χ2v) is 5.48. The second kappa shape index (κ2) is 6.03. The van der Waals surface area contributed by atoms with Crippen molar-refractivity contribution in [2.75, 3.05) is 6.54 Å². The minimum absolute atomic E-state index is 0.272. The first-order valence-electron chi connectivity index (χ1n) is 5.90. The van der Waals surface area contributed by atoms with Crippen LogP contribution in [-0.2, 0) is 7.05 Å². The summed E-state index contributed by atoms with van der Waals surface area (Å²) in [4.78, 5) is 0. The maximum atomic E-state index is 14.1. The van der Waals surface area contributed by atoms with Crippen LogP contribution >= 0.6 is 27.5 Å². The fourth-order valence-electron chi connectivity index (χ4n) is 2.04. The lowest BCUT2D eigenvalue weighted by Gasteiger charge is -2.20. The molecule has 1 aromatic carbocycles. The maximum absolute atomic E-state index is 14.1. The van der Waals surface area contributed by atoms with E-state index in [0.717, 1.165) is 10.2 Å². The van der Waals surface area contributed by atoms with E-state index in [4.69, 9.17) is 11.6 Å². The predicted molar refractivity (Wildman–Crippen MR) is 77.8 cm³/mol. The molecule has 0 bridgehead atoms. The lowest BCUT2D eigenvalue weighted by atomic mass is 10.0. The minimum atomic E-state index is -0.331. The number of halogens is 3. The Labute approximate surface area is 124 Å². The van der Waals surface area contributed by atoms with Gasteiger partial charge in [0.25, 0.3) is 0 Å². The topological polar surface area (TPSA) is 29.9 Å². The number of rotatable bonds is 4. The van der Waals surface area contributed by atoms with Crippen molar-refractivity contribution < 1.29 is 4.39 Å². The van der Waals surface area contributed by atoms with Gasteiger partial charge in [-0.3, -0.25) is 4.68 Å². The van der Waals surface area contributed by atoms with Crippen molar-refractivity contribution in [3.05, 3.63) is 51.0 Å². The number of aryl methyl sites for hydroxylation is 1. The van der Waals surface area contributed by atoms with Crippen LogP contribution in [0.2, 0.25) is 5.02 Å². The highest BCUT2D eigenvalue weighted by molar-refractivity contribution is 9.10. The Balaban J connectivity index is 2.54. The van der Waals surface area contributed by atoms with Gasteiger partial charge in [-0.25, -0.2) is 4.39 Å². The highest BCUT2D eigenvalue weighted by Gasteiger charge is 2.23. The highest BCUT2D eigenvalue weighted by Crippen LogP contribution is 2.30. The normalized spacial score (nSPS) is 12.7. The fraction of sp³-hybridized carbons (Fsp3) is 0.308. The predicted octanol–water partition coefficient (Wildman–Crippen LogP) is 3.67. The van der Waals surface area contributed by atoms with Gasteiger partial charge in [0.05, 0.1) is 23.0 Å². The molecule has 0 fully saturated rings. The Hall–Kier alpha value is -0.910. The van der Waals surface area contributed by atoms with E-state index in [2.05, 4.69) is 26.3 Å². The summed E-state index contributed by atoms with van der Waals surface area (Å²) in [5.74, 6) is -0.272. The van der Waals surface area contributed by atoms with E-state index in [-0.39, 0.29) is 11.9 Å². The Morgan fingerprint density at radius 3 is 2.84 bits per heavy atom. The first kappa shape index (κ1) is 14.5. The molecule has 0 saturated heterocycles. The van der Waals surface area contributed by atoms with E-state index in [1.54, 1.807) is 30.1 Å². The molecule has 1 N–H and O–H groups in total. The third kappa shape index (κ3) is 2.99. The minimum Gasteiger partial charge on any atom is -0.305 e. The number of benzene rings is 1. The van der Waals surface area contributed by atoms with Crippen LogP contribution in [-0.4, -0.2) is 16.3 Å². The van der Waals surface area contributed by atoms with Crippen molar-refractivity contribution in [2.45, 2.75) is 13.0 Å². The van der Waals surface area contributed by atoms with Gasteiger partial charge in [-0.1, -0.05) is 34.5 Å². The summed E-state index contributed by atoms with van der Waals surface area (Å²) in [5, 5.41) is 7.87. The molecule has 0 aliphatic heterocycles. The van der Waals surface area contributed by atoms with Crippen LogP contribution in [0.3, 0.4) is 0 Å². The average molecular weight is 347 g/mol. The lowest BCUT2D eigenvalue weighted by molar-refractivity contribution is 0.532. The zero-order valence-electron chi connectivity index (χ0n) is 10.6. The molecule has 6 heteroatoms. The molecule has 19 heavy (non-hydrogen) atoms. The third-order valence-corrected chi connectivity index (χ3v) is 3.67. The van der Waals surface area contributed by atoms with Crippen LogP contribution in [0.4, 0.5) is 4.39 Å². The zero-order valence-corrected chi connectivity index (χ0v) is 13.0. The van der Waals surface area contributed by atoms with Gasteiger partial charge in [-0.2, -0.15) is 5.10 Å². The molecular weight excluding hydrogens is 333 g/mol. The van der Waals surface area contributed by atoms with Crippen molar-refractivity contribution in [3.8, 4) is 0 Å². The van der Waals surface area contributed by atoms with Gasteiger partial charge in [0, 0.05) is 17.1 Å². The molecule has 0 spiro atoms. The van der Waals surface area contributed by atoms with Crippen molar-refractivity contribution in [1.29, 1.82) is 0 Å². The Morgan fingerprint density at radius 1 is 1.53 bits per heavy atom. The Bertz CT molecular complexity index is 566. The molecule has 0 saturated carbocycles. The monoisotopic (exact) mass is 345 g/mol. The Kier molecular flexibility index (Phi) is 4.60. The van der Waals surface area contributed by atoms with Gasteiger partial charge in [0.2, 0.25) is 0 Å². The molecule has 1 unspecified atom stereocenters. The highest BCUT2D eigenvalue weighted by atomic mass is 79.9.